The minimum atomic E-state index is 0.334. The van der Waals surface area contributed by atoms with Crippen molar-refractivity contribution in [3.05, 3.63) is 40.6 Å². The first-order valence-electron chi connectivity index (χ1n) is 5.10. The Morgan fingerprint density at radius 2 is 2.06 bits per heavy atom. The lowest BCUT2D eigenvalue weighted by Crippen LogP contribution is -2.05. The molecule has 0 bridgehead atoms. The summed E-state index contributed by atoms with van der Waals surface area (Å²) in [7, 11) is 1.57. The van der Waals surface area contributed by atoms with Crippen LogP contribution >= 0.6 is 15.9 Å². The molecule has 0 atom stereocenters. The fraction of sp³-hybridized carbons (Fsp3) is 0.167. The molecule has 0 saturated carbocycles. The lowest BCUT2D eigenvalue weighted by atomic mass is 10.1. The van der Waals surface area contributed by atoms with Crippen LogP contribution in [0.25, 0.3) is 11.3 Å². The maximum absolute atomic E-state index is 5.74. The number of nitrogens with two attached hydrogens (primary N) is 1. The van der Waals surface area contributed by atoms with E-state index in [2.05, 4.69) is 25.9 Å². The molecule has 5 heteroatoms. The van der Waals surface area contributed by atoms with Gasteiger partial charge in [-0.3, -0.25) is 0 Å². The fourth-order valence-corrected chi connectivity index (χ4v) is 2.11. The Hall–Kier alpha value is -1.46. The van der Waals surface area contributed by atoms with Gasteiger partial charge >= 0.3 is 0 Å². The number of halogens is 1. The topological polar surface area (TPSA) is 61.0 Å². The molecule has 0 radical (unpaired) electrons. The summed E-state index contributed by atoms with van der Waals surface area (Å²) >= 11 is 3.50. The zero-order valence-corrected chi connectivity index (χ0v) is 10.9. The maximum atomic E-state index is 5.74. The van der Waals surface area contributed by atoms with Crippen LogP contribution in [0, 0.1) is 0 Å². The van der Waals surface area contributed by atoms with Crippen LogP contribution in [0.5, 0.6) is 5.88 Å². The van der Waals surface area contributed by atoms with Crippen molar-refractivity contribution in [1.29, 1.82) is 0 Å². The monoisotopic (exact) mass is 293 g/mol. The number of hydrogen-bond acceptors (Lipinski definition) is 4. The Labute approximate surface area is 108 Å². The molecule has 0 aliphatic carbocycles. The Bertz CT molecular complexity index is 531. The smallest absolute Gasteiger partial charge is 0.221 e. The highest BCUT2D eigenvalue weighted by Crippen LogP contribution is 2.31. The van der Waals surface area contributed by atoms with E-state index < -0.39 is 0 Å². The van der Waals surface area contributed by atoms with Gasteiger partial charge in [-0.15, -0.1) is 0 Å². The van der Waals surface area contributed by atoms with Crippen molar-refractivity contribution in [1.82, 2.24) is 9.97 Å². The minimum Gasteiger partial charge on any atom is -0.481 e. The molecule has 1 aromatic heterocycles. The van der Waals surface area contributed by atoms with E-state index >= 15 is 0 Å². The molecule has 0 aliphatic heterocycles. The summed E-state index contributed by atoms with van der Waals surface area (Å²) in [5.41, 5.74) is 8.32. The molecule has 2 rings (SSSR count). The molecular weight excluding hydrogens is 282 g/mol. The van der Waals surface area contributed by atoms with Gasteiger partial charge < -0.3 is 10.5 Å². The Kier molecular flexibility index (Phi) is 3.71. The second-order valence-corrected chi connectivity index (χ2v) is 4.25. The third kappa shape index (κ3) is 2.30. The number of hydrogen-bond donors (Lipinski definition) is 1. The number of methoxy groups -OCH3 is 1. The van der Waals surface area contributed by atoms with Crippen molar-refractivity contribution in [3.63, 3.8) is 0 Å². The van der Waals surface area contributed by atoms with Gasteiger partial charge in [-0.2, -0.15) is 0 Å². The number of ether oxygens (including phenoxy) is 1. The zero-order valence-electron chi connectivity index (χ0n) is 9.35. The molecule has 0 aliphatic rings. The van der Waals surface area contributed by atoms with Crippen LogP contribution < -0.4 is 10.5 Å². The van der Waals surface area contributed by atoms with Crippen molar-refractivity contribution >= 4 is 15.9 Å². The number of nitrogens with zero attached hydrogens (tertiary/aromatic N) is 2. The van der Waals surface area contributed by atoms with Gasteiger partial charge in [0.05, 0.1) is 18.4 Å². The average Bonchev–Trinajstić information content (AvgIpc) is 2.38. The summed E-state index contributed by atoms with van der Waals surface area (Å²) in [5, 5.41) is 0. The lowest BCUT2D eigenvalue weighted by molar-refractivity contribution is 0.392. The van der Waals surface area contributed by atoms with E-state index in [0.717, 1.165) is 21.3 Å². The normalized spacial score (nSPS) is 10.3. The maximum Gasteiger partial charge on any atom is 0.221 e. The van der Waals surface area contributed by atoms with Gasteiger partial charge in [0.2, 0.25) is 5.88 Å². The van der Waals surface area contributed by atoms with E-state index in [1.54, 1.807) is 7.11 Å². The summed E-state index contributed by atoms with van der Waals surface area (Å²) in [6, 6.07) is 7.85. The first-order valence-corrected chi connectivity index (χ1v) is 5.90. The fourth-order valence-electron chi connectivity index (χ4n) is 1.64. The molecule has 0 amide bonds. The molecule has 0 spiro atoms. The highest BCUT2D eigenvalue weighted by Gasteiger charge is 2.13. The summed E-state index contributed by atoms with van der Waals surface area (Å²) < 4.78 is 6.16. The molecule has 4 nitrogen and oxygen atoms in total. The van der Waals surface area contributed by atoms with Crippen molar-refractivity contribution in [2.45, 2.75) is 6.54 Å². The Balaban J connectivity index is 2.63. The molecule has 1 heterocycles. The van der Waals surface area contributed by atoms with Gasteiger partial charge in [-0.05, 0) is 6.07 Å². The van der Waals surface area contributed by atoms with E-state index in [4.69, 9.17) is 10.5 Å². The first-order chi connectivity index (χ1) is 8.27. The van der Waals surface area contributed by atoms with Gasteiger partial charge in [-0.1, -0.05) is 34.1 Å². The number of aromatic nitrogens is 2. The highest BCUT2D eigenvalue weighted by atomic mass is 79.9. The molecule has 0 saturated heterocycles. The predicted octanol–water partition coefficient (Wildman–Crippen LogP) is 2.37. The molecule has 0 fully saturated rings. The van der Waals surface area contributed by atoms with E-state index in [-0.39, 0.29) is 0 Å². The largest absolute Gasteiger partial charge is 0.481 e. The number of benzene rings is 1. The summed E-state index contributed by atoms with van der Waals surface area (Å²) in [6.45, 7) is 0.334. The van der Waals surface area contributed by atoms with Crippen LogP contribution in [-0.2, 0) is 6.54 Å². The van der Waals surface area contributed by atoms with Crippen LogP contribution in [0.1, 0.15) is 5.56 Å². The Morgan fingerprint density at radius 3 is 2.71 bits per heavy atom. The van der Waals surface area contributed by atoms with Crippen molar-refractivity contribution < 1.29 is 4.74 Å². The molecular formula is C12H12BrN3O. The van der Waals surface area contributed by atoms with Crippen LogP contribution in [0.15, 0.2) is 35.1 Å². The SMILES string of the molecule is COc1ncnc(-c2ccccc2Br)c1CN. The zero-order chi connectivity index (χ0) is 12.3. The molecule has 88 valence electrons. The third-order valence-electron chi connectivity index (χ3n) is 2.43. The molecule has 1 aromatic carbocycles. The van der Waals surface area contributed by atoms with E-state index in [0.29, 0.717) is 12.4 Å². The van der Waals surface area contributed by atoms with Gasteiger partial charge in [-0.25, -0.2) is 9.97 Å². The van der Waals surface area contributed by atoms with Crippen LogP contribution in [0.2, 0.25) is 0 Å². The second kappa shape index (κ2) is 5.25. The van der Waals surface area contributed by atoms with Gasteiger partial charge in [0.25, 0.3) is 0 Å². The second-order valence-electron chi connectivity index (χ2n) is 3.39. The molecule has 2 N–H and O–H groups in total. The Morgan fingerprint density at radius 1 is 1.29 bits per heavy atom. The standard InChI is InChI=1S/C12H12BrN3O/c1-17-12-9(6-14)11(15-7-16-12)8-4-2-3-5-10(8)13/h2-5,7H,6,14H2,1H3. The van der Waals surface area contributed by atoms with Crippen LogP contribution in [-0.4, -0.2) is 17.1 Å². The van der Waals surface area contributed by atoms with Crippen molar-refractivity contribution in [3.8, 4) is 17.1 Å². The molecule has 0 unspecified atom stereocenters. The summed E-state index contributed by atoms with van der Waals surface area (Å²) in [4.78, 5) is 8.34. The third-order valence-corrected chi connectivity index (χ3v) is 3.12. The lowest BCUT2D eigenvalue weighted by Gasteiger charge is -2.11. The number of rotatable bonds is 3. The quantitative estimate of drug-likeness (QED) is 0.944. The van der Waals surface area contributed by atoms with Crippen molar-refractivity contribution in [2.24, 2.45) is 5.73 Å². The van der Waals surface area contributed by atoms with Crippen LogP contribution in [0.3, 0.4) is 0 Å². The first kappa shape index (κ1) is 12.0. The average molecular weight is 294 g/mol. The van der Waals surface area contributed by atoms with Gasteiger partial charge in [0.15, 0.2) is 0 Å². The van der Waals surface area contributed by atoms with E-state index in [1.165, 1.54) is 6.33 Å². The van der Waals surface area contributed by atoms with E-state index in [9.17, 15) is 0 Å². The van der Waals surface area contributed by atoms with E-state index in [1.807, 2.05) is 24.3 Å². The minimum absolute atomic E-state index is 0.334. The van der Waals surface area contributed by atoms with Crippen LogP contribution in [0.4, 0.5) is 0 Å². The molecule has 17 heavy (non-hydrogen) atoms. The molecule has 2 aromatic rings. The summed E-state index contributed by atoms with van der Waals surface area (Å²) in [6.07, 6.45) is 1.48. The highest BCUT2D eigenvalue weighted by molar-refractivity contribution is 9.10. The predicted molar refractivity (Wildman–Crippen MR) is 69.6 cm³/mol. The summed E-state index contributed by atoms with van der Waals surface area (Å²) in [5.74, 6) is 0.522. The van der Waals surface area contributed by atoms with Crippen molar-refractivity contribution in [2.75, 3.05) is 7.11 Å². The van der Waals surface area contributed by atoms with Gasteiger partial charge in [0.1, 0.15) is 6.33 Å². The van der Waals surface area contributed by atoms with Gasteiger partial charge in [0, 0.05) is 16.6 Å².